The molecule has 1 aliphatic rings. The van der Waals surface area contributed by atoms with E-state index in [0.717, 1.165) is 11.3 Å². The average Bonchev–Trinajstić information content (AvgIpc) is 3.59. The number of fused-ring (bicyclic) bond motifs is 2. The number of benzene rings is 2. The van der Waals surface area contributed by atoms with Gasteiger partial charge in [0.25, 0.3) is 0 Å². The second kappa shape index (κ2) is 9.34. The van der Waals surface area contributed by atoms with Crippen molar-refractivity contribution in [3.8, 4) is 29.0 Å². The fourth-order valence-corrected chi connectivity index (χ4v) is 5.03. The highest BCUT2D eigenvalue weighted by Gasteiger charge is 2.29. The molecule has 0 fully saturated rings. The molecule has 0 radical (unpaired) electrons. The first-order valence-corrected chi connectivity index (χ1v) is 12.5. The lowest BCUT2D eigenvalue weighted by Gasteiger charge is -2.21. The summed E-state index contributed by atoms with van der Waals surface area (Å²) in [4.78, 5) is 13.8. The molecule has 11 heteroatoms. The first kappa shape index (κ1) is 24.8. The summed E-state index contributed by atoms with van der Waals surface area (Å²) < 4.78 is 35.8. The maximum Gasteiger partial charge on any atom is 0.338 e. The molecule has 9 nitrogen and oxygen atoms in total. The van der Waals surface area contributed by atoms with E-state index in [2.05, 4.69) is 22.3 Å². The maximum atomic E-state index is 15.5. The zero-order valence-corrected chi connectivity index (χ0v) is 21.5. The number of nitrogens with one attached hydrogen (secondary N) is 1. The van der Waals surface area contributed by atoms with Gasteiger partial charge in [-0.2, -0.15) is 10.2 Å². The van der Waals surface area contributed by atoms with Gasteiger partial charge in [-0.3, -0.25) is 13.8 Å². The van der Waals surface area contributed by atoms with Gasteiger partial charge in [0.1, 0.15) is 17.7 Å². The molecular weight excluding hydrogens is 504 g/mol. The topological polar surface area (TPSA) is 94.8 Å². The molecule has 0 saturated heterocycles. The van der Waals surface area contributed by atoms with E-state index in [1.54, 1.807) is 40.8 Å². The highest BCUT2D eigenvalue weighted by Crippen LogP contribution is 2.31. The summed E-state index contributed by atoms with van der Waals surface area (Å²) >= 11 is 0. The summed E-state index contributed by atoms with van der Waals surface area (Å²) in [6.07, 6.45) is 4.23. The molecule has 0 aliphatic carbocycles. The van der Waals surface area contributed by atoms with Crippen molar-refractivity contribution in [2.45, 2.75) is 32.4 Å². The van der Waals surface area contributed by atoms with Gasteiger partial charge >= 0.3 is 5.69 Å². The number of hydrogen-bond donors (Lipinski definition) is 2. The van der Waals surface area contributed by atoms with Crippen LogP contribution in [0.4, 0.5) is 8.78 Å². The fourth-order valence-electron chi connectivity index (χ4n) is 5.03. The fraction of sp³-hybridized carbons (Fsp3) is 0.250. The van der Waals surface area contributed by atoms with Crippen LogP contribution >= 0.6 is 0 Å². The van der Waals surface area contributed by atoms with Crippen molar-refractivity contribution in [3.05, 3.63) is 87.9 Å². The molecule has 39 heavy (non-hydrogen) atoms. The van der Waals surface area contributed by atoms with Gasteiger partial charge in [0.15, 0.2) is 5.82 Å². The van der Waals surface area contributed by atoms with E-state index in [9.17, 15) is 14.3 Å². The molecule has 6 rings (SSSR count). The van der Waals surface area contributed by atoms with Crippen molar-refractivity contribution in [2.75, 3.05) is 6.54 Å². The molecule has 1 aliphatic heterocycles. The van der Waals surface area contributed by atoms with Crippen LogP contribution in [0.25, 0.3) is 28.1 Å². The van der Waals surface area contributed by atoms with Gasteiger partial charge in [0.05, 0.1) is 39.7 Å². The summed E-state index contributed by atoms with van der Waals surface area (Å²) in [6, 6.07) is 7.52. The van der Waals surface area contributed by atoms with E-state index in [1.165, 1.54) is 40.6 Å². The van der Waals surface area contributed by atoms with Crippen molar-refractivity contribution in [1.29, 1.82) is 0 Å². The molecule has 0 bridgehead atoms. The Hall–Kier alpha value is -4.53. The average molecular weight is 530 g/mol. The molecule has 198 valence electrons. The van der Waals surface area contributed by atoms with Crippen LogP contribution in [-0.2, 0) is 13.5 Å². The van der Waals surface area contributed by atoms with Crippen LogP contribution in [0, 0.1) is 23.5 Å². The molecule has 0 saturated carbocycles. The number of imidazole rings is 1. The van der Waals surface area contributed by atoms with Crippen LogP contribution < -0.4 is 11.0 Å². The summed E-state index contributed by atoms with van der Waals surface area (Å²) in [5, 5.41) is 22.2. The van der Waals surface area contributed by atoms with Crippen molar-refractivity contribution in [3.63, 3.8) is 0 Å². The Morgan fingerprint density at radius 3 is 2.77 bits per heavy atom. The molecule has 0 unspecified atom stereocenters. The van der Waals surface area contributed by atoms with Crippen LogP contribution in [-0.4, -0.2) is 46.5 Å². The van der Waals surface area contributed by atoms with E-state index >= 15 is 4.39 Å². The van der Waals surface area contributed by atoms with Crippen LogP contribution in [0.15, 0.2) is 53.7 Å². The maximum absolute atomic E-state index is 15.5. The molecule has 4 heterocycles. The van der Waals surface area contributed by atoms with Crippen LogP contribution in [0.5, 0.6) is 0 Å². The van der Waals surface area contributed by atoms with Gasteiger partial charge < -0.3 is 10.4 Å². The molecule has 3 aromatic heterocycles. The standard InChI is InChI=1S/C28H25F2N7O2/c1-16(38)4-5-18-14-19(6-7-21(18)29)37-27(25-17(2)31-11-10-22(25)33-37)36-13-12-35(28(36)39)24-9-8-23-20(26(24)30)15-32-34(23)3/h6-9,12-17,31,38H,10-11H2,1-3H3/t16-,17+/m1/s1. The number of nitrogens with zero attached hydrogens (tertiary/aromatic N) is 6. The monoisotopic (exact) mass is 529 g/mol. The summed E-state index contributed by atoms with van der Waals surface area (Å²) in [7, 11) is 1.72. The molecule has 5 aromatic rings. The zero-order valence-electron chi connectivity index (χ0n) is 21.5. The number of halogens is 2. The third-order valence-corrected chi connectivity index (χ3v) is 6.94. The van der Waals surface area contributed by atoms with Crippen molar-refractivity contribution in [2.24, 2.45) is 7.05 Å². The van der Waals surface area contributed by atoms with Gasteiger partial charge in [0, 0.05) is 44.0 Å². The minimum absolute atomic E-state index is 0.0933. The van der Waals surface area contributed by atoms with Gasteiger partial charge in [-0.15, -0.1) is 0 Å². The molecule has 2 N–H and O–H groups in total. The predicted molar refractivity (Wildman–Crippen MR) is 141 cm³/mol. The Kier molecular flexibility index (Phi) is 5.94. The van der Waals surface area contributed by atoms with Crippen molar-refractivity contribution >= 4 is 10.9 Å². The highest BCUT2D eigenvalue weighted by atomic mass is 19.1. The normalized spacial score (nSPS) is 15.7. The summed E-state index contributed by atoms with van der Waals surface area (Å²) in [6.45, 7) is 4.19. The number of aliphatic hydroxyl groups is 1. The molecule has 2 atom stereocenters. The van der Waals surface area contributed by atoms with Crippen molar-refractivity contribution < 1.29 is 13.9 Å². The van der Waals surface area contributed by atoms with Gasteiger partial charge in [-0.1, -0.05) is 11.8 Å². The highest BCUT2D eigenvalue weighted by molar-refractivity contribution is 5.81. The van der Waals surface area contributed by atoms with E-state index in [4.69, 9.17) is 5.10 Å². The van der Waals surface area contributed by atoms with Gasteiger partial charge in [-0.05, 0) is 44.2 Å². The lowest BCUT2D eigenvalue weighted by molar-refractivity contribution is 0.253. The second-order valence-corrected chi connectivity index (χ2v) is 9.55. The number of hydrogen-bond acceptors (Lipinski definition) is 5. The number of aliphatic hydroxyl groups excluding tert-OH is 1. The van der Waals surface area contributed by atoms with E-state index < -0.39 is 23.4 Å². The van der Waals surface area contributed by atoms with E-state index in [0.29, 0.717) is 35.4 Å². The predicted octanol–water partition coefficient (Wildman–Crippen LogP) is 2.92. The quantitative estimate of drug-likeness (QED) is 0.351. The number of aryl methyl sites for hydroxylation is 1. The first-order valence-electron chi connectivity index (χ1n) is 12.5. The molecule has 0 amide bonds. The summed E-state index contributed by atoms with van der Waals surface area (Å²) in [5.74, 6) is 4.60. The van der Waals surface area contributed by atoms with E-state index in [-0.39, 0.29) is 17.3 Å². The second-order valence-electron chi connectivity index (χ2n) is 9.55. The Morgan fingerprint density at radius 2 is 1.97 bits per heavy atom. The van der Waals surface area contributed by atoms with Gasteiger partial charge in [0.2, 0.25) is 0 Å². The summed E-state index contributed by atoms with van der Waals surface area (Å²) in [5.41, 5.74) is 2.44. The SMILES string of the molecule is C[C@@H]1NCCc2nn(-c3ccc(F)c(C#C[C@@H](C)O)c3)c(-n3ccn(-c4ccc5c(cnn5C)c4F)c3=O)c21. The van der Waals surface area contributed by atoms with E-state index in [1.807, 2.05) is 6.92 Å². The Morgan fingerprint density at radius 1 is 1.18 bits per heavy atom. The number of rotatable bonds is 3. The van der Waals surface area contributed by atoms with Gasteiger partial charge in [-0.25, -0.2) is 18.3 Å². The Labute approximate surface area is 221 Å². The molecule has 0 spiro atoms. The lowest BCUT2D eigenvalue weighted by atomic mass is 10.0. The third kappa shape index (κ3) is 4.05. The Balaban J connectivity index is 1.55. The minimum atomic E-state index is -0.919. The van der Waals surface area contributed by atoms with Crippen molar-refractivity contribution in [1.82, 2.24) is 34.0 Å². The van der Waals surface area contributed by atoms with Crippen LogP contribution in [0.2, 0.25) is 0 Å². The number of aromatic nitrogens is 6. The minimum Gasteiger partial charge on any atom is -0.381 e. The zero-order chi connectivity index (χ0) is 27.4. The third-order valence-electron chi connectivity index (χ3n) is 6.94. The Bertz CT molecular complexity index is 1870. The first-order chi connectivity index (χ1) is 18.7. The molecule has 2 aromatic carbocycles. The largest absolute Gasteiger partial charge is 0.381 e. The lowest BCUT2D eigenvalue weighted by Crippen LogP contribution is -2.30. The van der Waals surface area contributed by atoms with Crippen LogP contribution in [0.3, 0.4) is 0 Å². The molecular formula is C28H25F2N7O2. The smallest absolute Gasteiger partial charge is 0.338 e. The van der Waals surface area contributed by atoms with Crippen LogP contribution in [0.1, 0.15) is 36.7 Å².